The van der Waals surface area contributed by atoms with Crippen molar-refractivity contribution >= 4 is 5.78 Å². The van der Waals surface area contributed by atoms with Crippen LogP contribution in [-0.4, -0.2) is 5.78 Å². The summed E-state index contributed by atoms with van der Waals surface area (Å²) in [6, 6.07) is 0. The number of allylic oxidation sites excluding steroid dienone is 2. The molecule has 72 valence electrons. The summed E-state index contributed by atoms with van der Waals surface area (Å²) >= 11 is 0. The summed E-state index contributed by atoms with van der Waals surface area (Å²) in [5.74, 6) is 0.524. The Hall–Kier alpha value is -0.590. The van der Waals surface area contributed by atoms with Crippen LogP contribution in [0.3, 0.4) is 0 Å². The number of carbonyl (C=O) groups excluding carboxylic acids is 1. The second-order valence-electron chi connectivity index (χ2n) is 4.83. The number of carbonyl (C=O) groups is 1. The standard InChI is InChI=1S/C12H18O/c1-3-4-5-7-12-9-11(12,2)8-6-10(12)13/h4-5H,3,6-9H2,1-2H3/b5-4-/t11-,12-/m1/s1. The number of Topliss-reactive ketones (excluding diaryl/α,β-unsaturated/α-hetero) is 1. The zero-order valence-electron chi connectivity index (χ0n) is 8.60. The van der Waals surface area contributed by atoms with Crippen LogP contribution in [0.15, 0.2) is 12.2 Å². The molecule has 1 heteroatoms. The molecule has 2 atom stereocenters. The third-order valence-corrected chi connectivity index (χ3v) is 4.03. The molecule has 13 heavy (non-hydrogen) atoms. The molecule has 2 saturated carbocycles. The third-order valence-electron chi connectivity index (χ3n) is 4.03. The second kappa shape index (κ2) is 2.70. The van der Waals surface area contributed by atoms with E-state index in [0.29, 0.717) is 11.2 Å². The van der Waals surface area contributed by atoms with Gasteiger partial charge in [-0.15, -0.1) is 0 Å². The Morgan fingerprint density at radius 3 is 2.69 bits per heavy atom. The Labute approximate surface area is 80.2 Å². The molecule has 0 heterocycles. The fourth-order valence-electron chi connectivity index (χ4n) is 2.90. The molecule has 0 aromatic heterocycles. The van der Waals surface area contributed by atoms with Gasteiger partial charge in [0.25, 0.3) is 0 Å². The van der Waals surface area contributed by atoms with Crippen molar-refractivity contribution in [2.45, 2.75) is 46.0 Å². The van der Waals surface area contributed by atoms with E-state index in [-0.39, 0.29) is 5.41 Å². The van der Waals surface area contributed by atoms with E-state index in [0.717, 1.165) is 32.1 Å². The molecule has 1 nitrogen and oxygen atoms in total. The maximum absolute atomic E-state index is 11.7. The minimum absolute atomic E-state index is 0.0820. The topological polar surface area (TPSA) is 17.1 Å². The van der Waals surface area contributed by atoms with Gasteiger partial charge in [-0.2, -0.15) is 0 Å². The summed E-state index contributed by atoms with van der Waals surface area (Å²) in [5.41, 5.74) is 0.459. The molecule has 0 amide bonds. The summed E-state index contributed by atoms with van der Waals surface area (Å²) < 4.78 is 0. The summed E-state index contributed by atoms with van der Waals surface area (Å²) in [7, 11) is 0. The monoisotopic (exact) mass is 178 g/mol. The molecule has 0 saturated heterocycles. The van der Waals surface area contributed by atoms with Crippen molar-refractivity contribution in [3.63, 3.8) is 0 Å². The molecule has 0 aromatic rings. The molecule has 0 N–H and O–H groups in total. The Kier molecular flexibility index (Phi) is 1.86. The summed E-state index contributed by atoms with van der Waals surface area (Å²) in [6.07, 6.45) is 9.57. The number of hydrogen-bond donors (Lipinski definition) is 0. The lowest BCUT2D eigenvalue weighted by atomic mass is 9.93. The van der Waals surface area contributed by atoms with Crippen molar-refractivity contribution < 1.29 is 4.79 Å². The molecule has 2 rings (SSSR count). The van der Waals surface area contributed by atoms with Crippen molar-refractivity contribution in [2.24, 2.45) is 10.8 Å². The van der Waals surface area contributed by atoms with Crippen LogP contribution in [-0.2, 0) is 4.79 Å². The van der Waals surface area contributed by atoms with Crippen LogP contribution >= 0.6 is 0 Å². The van der Waals surface area contributed by atoms with Gasteiger partial charge in [-0.1, -0.05) is 26.0 Å². The van der Waals surface area contributed by atoms with Gasteiger partial charge in [0, 0.05) is 11.8 Å². The summed E-state index contributed by atoms with van der Waals surface area (Å²) in [5, 5.41) is 0. The van der Waals surface area contributed by atoms with Gasteiger partial charge in [0.15, 0.2) is 0 Å². The van der Waals surface area contributed by atoms with Gasteiger partial charge in [0.05, 0.1) is 0 Å². The van der Waals surface area contributed by atoms with Gasteiger partial charge >= 0.3 is 0 Å². The van der Waals surface area contributed by atoms with Crippen LogP contribution in [0.5, 0.6) is 0 Å². The smallest absolute Gasteiger partial charge is 0.139 e. The van der Waals surface area contributed by atoms with Gasteiger partial charge < -0.3 is 0 Å². The normalized spacial score (nSPS) is 42.8. The van der Waals surface area contributed by atoms with E-state index in [1.807, 2.05) is 0 Å². The lowest BCUT2D eigenvalue weighted by Crippen LogP contribution is -2.13. The largest absolute Gasteiger partial charge is 0.299 e. The molecule has 0 unspecified atom stereocenters. The Morgan fingerprint density at radius 1 is 1.46 bits per heavy atom. The SMILES string of the molecule is CC/C=C\C[C@]12C[C@@]1(C)CCC2=O. The maximum atomic E-state index is 11.7. The van der Waals surface area contributed by atoms with Crippen LogP contribution in [0, 0.1) is 10.8 Å². The second-order valence-corrected chi connectivity index (χ2v) is 4.83. The van der Waals surface area contributed by atoms with E-state index >= 15 is 0 Å². The van der Waals surface area contributed by atoms with Crippen molar-refractivity contribution in [2.75, 3.05) is 0 Å². The van der Waals surface area contributed by atoms with E-state index in [1.54, 1.807) is 0 Å². The number of ketones is 1. The van der Waals surface area contributed by atoms with E-state index in [9.17, 15) is 4.79 Å². The molecule has 0 aromatic carbocycles. The average Bonchev–Trinajstić information content (AvgIpc) is 2.63. The number of fused-ring (bicyclic) bond motifs is 1. The first-order valence-corrected chi connectivity index (χ1v) is 5.33. The predicted molar refractivity (Wildman–Crippen MR) is 53.4 cm³/mol. The highest BCUT2D eigenvalue weighted by atomic mass is 16.1. The summed E-state index contributed by atoms with van der Waals surface area (Å²) in [4.78, 5) is 11.7. The predicted octanol–water partition coefficient (Wildman–Crippen LogP) is 3.10. The minimum Gasteiger partial charge on any atom is -0.299 e. The van der Waals surface area contributed by atoms with Gasteiger partial charge in [-0.05, 0) is 31.1 Å². The molecule has 0 aliphatic heterocycles. The Balaban J connectivity index is 2.06. The molecule has 0 radical (unpaired) electrons. The van der Waals surface area contributed by atoms with E-state index in [4.69, 9.17) is 0 Å². The highest BCUT2D eigenvalue weighted by Crippen LogP contribution is 2.73. The van der Waals surface area contributed by atoms with Gasteiger partial charge in [0.2, 0.25) is 0 Å². The zero-order chi connectivity index (χ0) is 9.53. The first-order chi connectivity index (χ1) is 6.15. The quantitative estimate of drug-likeness (QED) is 0.607. The number of hydrogen-bond acceptors (Lipinski definition) is 1. The average molecular weight is 178 g/mol. The molecule has 2 aliphatic carbocycles. The highest BCUT2D eigenvalue weighted by molar-refractivity contribution is 5.92. The molecule has 2 fully saturated rings. The van der Waals surface area contributed by atoms with Crippen LogP contribution in [0.2, 0.25) is 0 Å². The van der Waals surface area contributed by atoms with Crippen molar-refractivity contribution in [3.8, 4) is 0 Å². The Bertz CT molecular complexity index is 266. The molecule has 2 aliphatic rings. The van der Waals surface area contributed by atoms with E-state index in [2.05, 4.69) is 26.0 Å². The van der Waals surface area contributed by atoms with E-state index < -0.39 is 0 Å². The van der Waals surface area contributed by atoms with Crippen LogP contribution in [0.1, 0.15) is 46.0 Å². The van der Waals surface area contributed by atoms with Gasteiger partial charge in [-0.25, -0.2) is 0 Å². The molecular formula is C12H18O. The molecular weight excluding hydrogens is 160 g/mol. The van der Waals surface area contributed by atoms with Gasteiger partial charge in [0.1, 0.15) is 5.78 Å². The van der Waals surface area contributed by atoms with Crippen LogP contribution < -0.4 is 0 Å². The highest BCUT2D eigenvalue weighted by Gasteiger charge is 2.70. The molecule has 0 spiro atoms. The van der Waals surface area contributed by atoms with Crippen LogP contribution in [0.4, 0.5) is 0 Å². The lowest BCUT2D eigenvalue weighted by molar-refractivity contribution is -0.122. The fraction of sp³-hybridized carbons (Fsp3) is 0.750. The zero-order valence-corrected chi connectivity index (χ0v) is 8.60. The lowest BCUT2D eigenvalue weighted by Gasteiger charge is -2.09. The van der Waals surface area contributed by atoms with Crippen molar-refractivity contribution in [1.82, 2.24) is 0 Å². The molecule has 0 bridgehead atoms. The van der Waals surface area contributed by atoms with Crippen LogP contribution in [0.25, 0.3) is 0 Å². The number of rotatable bonds is 3. The van der Waals surface area contributed by atoms with E-state index in [1.165, 1.54) is 0 Å². The fourth-order valence-corrected chi connectivity index (χ4v) is 2.90. The maximum Gasteiger partial charge on any atom is 0.139 e. The Morgan fingerprint density at radius 2 is 2.23 bits per heavy atom. The first kappa shape index (κ1) is 8.98. The van der Waals surface area contributed by atoms with Crippen molar-refractivity contribution in [3.05, 3.63) is 12.2 Å². The van der Waals surface area contributed by atoms with Crippen molar-refractivity contribution in [1.29, 1.82) is 0 Å². The first-order valence-electron chi connectivity index (χ1n) is 5.33. The summed E-state index contributed by atoms with van der Waals surface area (Å²) in [6.45, 7) is 4.41. The van der Waals surface area contributed by atoms with Gasteiger partial charge in [-0.3, -0.25) is 4.79 Å². The third kappa shape index (κ3) is 1.09. The minimum atomic E-state index is 0.0820.